The zero-order valence-corrected chi connectivity index (χ0v) is 9.97. The topological polar surface area (TPSA) is 123 Å². The van der Waals surface area contributed by atoms with Crippen molar-refractivity contribution in [2.45, 2.75) is 0 Å². The van der Waals surface area contributed by atoms with Gasteiger partial charge in [-0.1, -0.05) is 0 Å². The fourth-order valence-electron chi connectivity index (χ4n) is 1.79. The van der Waals surface area contributed by atoms with Gasteiger partial charge in [-0.25, -0.2) is 4.98 Å². The molecule has 0 fully saturated rings. The smallest absolute Gasteiger partial charge is 0.278 e. The van der Waals surface area contributed by atoms with Crippen molar-refractivity contribution in [3.8, 4) is 17.1 Å². The standard InChI is InChI=1S/C11H10N6O2/c1-19-6-4-13-3-2-5(6)8-14-7-9(15-8)16-11(12)17-10(7)18/h2-4H,1H3,(H4,12,14,15,16,17,18). The van der Waals surface area contributed by atoms with Crippen LogP contribution in [0.25, 0.3) is 22.6 Å². The van der Waals surface area contributed by atoms with E-state index in [1.54, 1.807) is 18.5 Å². The Hall–Kier alpha value is -2.90. The first kappa shape index (κ1) is 11.2. The Balaban J connectivity index is 2.26. The highest BCUT2D eigenvalue weighted by atomic mass is 16.5. The molecule has 96 valence electrons. The van der Waals surface area contributed by atoms with Crippen LogP contribution < -0.4 is 16.0 Å². The van der Waals surface area contributed by atoms with Crippen LogP contribution in [0, 0.1) is 0 Å². The Labute approximate surface area is 106 Å². The Kier molecular flexibility index (Phi) is 2.41. The van der Waals surface area contributed by atoms with Gasteiger partial charge in [-0.3, -0.25) is 14.8 Å². The van der Waals surface area contributed by atoms with Crippen molar-refractivity contribution in [2.24, 2.45) is 0 Å². The molecule has 0 saturated carbocycles. The van der Waals surface area contributed by atoms with Crippen molar-refractivity contribution in [2.75, 3.05) is 12.8 Å². The van der Waals surface area contributed by atoms with E-state index in [9.17, 15) is 4.79 Å². The Bertz CT molecular complexity index is 806. The number of fused-ring (bicyclic) bond motifs is 1. The maximum atomic E-state index is 11.7. The summed E-state index contributed by atoms with van der Waals surface area (Å²) in [5, 5.41) is 0. The van der Waals surface area contributed by atoms with Gasteiger partial charge in [0, 0.05) is 6.20 Å². The van der Waals surface area contributed by atoms with Crippen LogP contribution in [-0.4, -0.2) is 32.0 Å². The fourth-order valence-corrected chi connectivity index (χ4v) is 1.79. The molecule has 4 N–H and O–H groups in total. The Morgan fingerprint density at radius 3 is 2.95 bits per heavy atom. The summed E-state index contributed by atoms with van der Waals surface area (Å²) in [5.74, 6) is 1.04. The molecule has 3 heterocycles. The first-order chi connectivity index (χ1) is 9.19. The number of ether oxygens (including phenoxy) is 1. The number of aromatic nitrogens is 5. The molecule has 0 aliphatic rings. The highest BCUT2D eigenvalue weighted by Crippen LogP contribution is 2.26. The number of nitrogens with one attached hydrogen (secondary N) is 2. The summed E-state index contributed by atoms with van der Waals surface area (Å²) in [7, 11) is 1.53. The third kappa shape index (κ3) is 1.79. The van der Waals surface area contributed by atoms with E-state index >= 15 is 0 Å². The molecule has 0 saturated heterocycles. The van der Waals surface area contributed by atoms with E-state index in [1.807, 2.05) is 0 Å². The number of hydrogen-bond donors (Lipinski definition) is 3. The number of H-pyrrole nitrogens is 2. The summed E-state index contributed by atoms with van der Waals surface area (Å²) in [6.07, 6.45) is 3.17. The molecule has 0 aliphatic carbocycles. The molecule has 8 nitrogen and oxygen atoms in total. The zero-order chi connectivity index (χ0) is 13.4. The van der Waals surface area contributed by atoms with Crippen molar-refractivity contribution in [3.63, 3.8) is 0 Å². The van der Waals surface area contributed by atoms with Crippen LogP contribution in [0.4, 0.5) is 5.95 Å². The molecular formula is C11H10N6O2. The summed E-state index contributed by atoms with van der Waals surface area (Å²) in [6.45, 7) is 0. The number of pyridine rings is 1. The largest absolute Gasteiger partial charge is 0.494 e. The Morgan fingerprint density at radius 2 is 2.16 bits per heavy atom. The molecule has 3 rings (SSSR count). The first-order valence-corrected chi connectivity index (χ1v) is 5.43. The normalized spacial score (nSPS) is 10.8. The highest BCUT2D eigenvalue weighted by molar-refractivity contribution is 5.77. The van der Waals surface area contributed by atoms with Crippen molar-refractivity contribution < 1.29 is 4.74 Å². The van der Waals surface area contributed by atoms with E-state index in [4.69, 9.17) is 10.5 Å². The SMILES string of the molecule is COc1cnccc1-c1nc2nc(N)[nH]c(=O)c2[nH]1. The van der Waals surface area contributed by atoms with E-state index in [0.29, 0.717) is 17.1 Å². The lowest BCUT2D eigenvalue weighted by Crippen LogP contribution is -2.10. The quantitative estimate of drug-likeness (QED) is 0.607. The van der Waals surface area contributed by atoms with Crippen LogP contribution in [0.1, 0.15) is 0 Å². The number of nitrogens with two attached hydrogens (primary N) is 1. The van der Waals surface area contributed by atoms with E-state index in [2.05, 4.69) is 24.9 Å². The minimum atomic E-state index is -0.366. The minimum Gasteiger partial charge on any atom is -0.494 e. The average Bonchev–Trinajstić information content (AvgIpc) is 2.82. The van der Waals surface area contributed by atoms with Crippen LogP contribution in [-0.2, 0) is 0 Å². The van der Waals surface area contributed by atoms with Crippen LogP contribution in [0.15, 0.2) is 23.3 Å². The van der Waals surface area contributed by atoms with Gasteiger partial charge < -0.3 is 15.5 Å². The fraction of sp³-hybridized carbons (Fsp3) is 0.0909. The van der Waals surface area contributed by atoms with Gasteiger partial charge in [-0.15, -0.1) is 0 Å². The summed E-state index contributed by atoms with van der Waals surface area (Å²) in [5.41, 5.74) is 6.32. The molecule has 8 heteroatoms. The molecule has 3 aromatic heterocycles. The van der Waals surface area contributed by atoms with Gasteiger partial charge >= 0.3 is 0 Å². The van der Waals surface area contributed by atoms with Gasteiger partial charge in [0.25, 0.3) is 5.56 Å². The third-order valence-corrected chi connectivity index (χ3v) is 2.64. The van der Waals surface area contributed by atoms with Gasteiger partial charge in [0.1, 0.15) is 11.6 Å². The van der Waals surface area contributed by atoms with E-state index in [0.717, 1.165) is 0 Å². The molecular weight excluding hydrogens is 248 g/mol. The molecule has 0 spiro atoms. The van der Waals surface area contributed by atoms with E-state index in [1.165, 1.54) is 7.11 Å². The van der Waals surface area contributed by atoms with Crippen molar-refractivity contribution in [3.05, 3.63) is 28.8 Å². The van der Waals surface area contributed by atoms with Crippen LogP contribution in [0.5, 0.6) is 5.75 Å². The van der Waals surface area contributed by atoms with E-state index in [-0.39, 0.29) is 22.7 Å². The Morgan fingerprint density at radius 1 is 1.32 bits per heavy atom. The van der Waals surface area contributed by atoms with Gasteiger partial charge in [-0.2, -0.15) is 4.98 Å². The number of nitrogen functional groups attached to an aromatic ring is 1. The second-order valence-corrected chi connectivity index (χ2v) is 3.81. The lowest BCUT2D eigenvalue weighted by atomic mass is 10.2. The van der Waals surface area contributed by atoms with Crippen molar-refractivity contribution in [1.29, 1.82) is 0 Å². The second kappa shape index (κ2) is 4.09. The predicted octanol–water partition coefficient (Wildman–Crippen LogP) is 0.299. The summed E-state index contributed by atoms with van der Waals surface area (Å²) >= 11 is 0. The van der Waals surface area contributed by atoms with Gasteiger partial charge in [0.2, 0.25) is 5.95 Å². The van der Waals surface area contributed by atoms with Crippen LogP contribution >= 0.6 is 0 Å². The molecule has 0 aromatic carbocycles. The number of imidazole rings is 1. The molecule has 0 unspecified atom stereocenters. The minimum absolute atomic E-state index is 0.0252. The molecule has 0 atom stereocenters. The highest BCUT2D eigenvalue weighted by Gasteiger charge is 2.13. The molecule has 0 aliphatic heterocycles. The molecule has 19 heavy (non-hydrogen) atoms. The van der Waals surface area contributed by atoms with E-state index < -0.39 is 0 Å². The first-order valence-electron chi connectivity index (χ1n) is 5.43. The third-order valence-electron chi connectivity index (χ3n) is 2.64. The van der Waals surface area contributed by atoms with Gasteiger partial charge in [-0.05, 0) is 6.07 Å². The second-order valence-electron chi connectivity index (χ2n) is 3.81. The summed E-state index contributed by atoms with van der Waals surface area (Å²) < 4.78 is 5.20. The van der Waals surface area contributed by atoms with Gasteiger partial charge in [0.15, 0.2) is 11.2 Å². The molecule has 3 aromatic rings. The molecule has 0 amide bonds. The number of methoxy groups -OCH3 is 1. The van der Waals surface area contributed by atoms with Crippen LogP contribution in [0.2, 0.25) is 0 Å². The maximum Gasteiger partial charge on any atom is 0.278 e. The lowest BCUT2D eigenvalue weighted by molar-refractivity contribution is 0.414. The zero-order valence-electron chi connectivity index (χ0n) is 9.97. The maximum absolute atomic E-state index is 11.7. The number of nitrogens with zero attached hydrogens (tertiary/aromatic N) is 3. The summed E-state index contributed by atoms with van der Waals surface area (Å²) in [4.78, 5) is 29.2. The monoisotopic (exact) mass is 258 g/mol. The van der Waals surface area contributed by atoms with Crippen molar-refractivity contribution >= 4 is 17.1 Å². The van der Waals surface area contributed by atoms with Crippen molar-refractivity contribution in [1.82, 2.24) is 24.9 Å². The molecule has 0 radical (unpaired) electrons. The van der Waals surface area contributed by atoms with Crippen LogP contribution in [0.3, 0.4) is 0 Å². The number of hydrogen-bond acceptors (Lipinski definition) is 6. The number of aromatic amines is 2. The lowest BCUT2D eigenvalue weighted by Gasteiger charge is -2.03. The average molecular weight is 258 g/mol. The number of anilines is 1. The van der Waals surface area contributed by atoms with Gasteiger partial charge in [0.05, 0.1) is 18.9 Å². The number of rotatable bonds is 2. The summed E-state index contributed by atoms with van der Waals surface area (Å²) in [6, 6.07) is 1.73. The molecule has 0 bridgehead atoms. The predicted molar refractivity (Wildman–Crippen MR) is 68.7 cm³/mol.